The summed E-state index contributed by atoms with van der Waals surface area (Å²) in [6, 6.07) is 0.456. The summed E-state index contributed by atoms with van der Waals surface area (Å²) >= 11 is 0. The molecule has 1 aliphatic heterocycles. The summed E-state index contributed by atoms with van der Waals surface area (Å²) in [7, 11) is 0. The van der Waals surface area contributed by atoms with Crippen LogP contribution in [-0.4, -0.2) is 43.4 Å². The molecule has 0 radical (unpaired) electrons. The van der Waals surface area contributed by atoms with E-state index in [1.165, 1.54) is 0 Å². The number of rotatable bonds is 3. The van der Waals surface area contributed by atoms with Gasteiger partial charge in [-0.3, -0.25) is 4.90 Å². The zero-order valence-corrected chi connectivity index (χ0v) is 7.92. The van der Waals surface area contributed by atoms with Crippen LogP contribution in [0.25, 0.3) is 0 Å². The highest BCUT2D eigenvalue weighted by Crippen LogP contribution is 2.08. The molecular weight excluding hydrogens is 157 g/mol. The molecule has 0 saturated carbocycles. The van der Waals surface area contributed by atoms with Gasteiger partial charge >= 0.3 is 0 Å². The van der Waals surface area contributed by atoms with Crippen molar-refractivity contribution >= 4 is 0 Å². The Morgan fingerprint density at radius 2 is 2.42 bits per heavy atom. The first-order valence-corrected chi connectivity index (χ1v) is 4.66. The van der Waals surface area contributed by atoms with E-state index in [1.807, 2.05) is 0 Å². The van der Waals surface area contributed by atoms with Crippen molar-refractivity contribution in [2.45, 2.75) is 32.5 Å². The summed E-state index contributed by atoms with van der Waals surface area (Å²) < 4.78 is 17.8. The van der Waals surface area contributed by atoms with Crippen LogP contribution in [0.2, 0.25) is 0 Å². The van der Waals surface area contributed by atoms with E-state index in [1.54, 1.807) is 6.92 Å². The van der Waals surface area contributed by atoms with E-state index in [0.29, 0.717) is 12.5 Å². The van der Waals surface area contributed by atoms with Gasteiger partial charge in [0.05, 0.1) is 19.4 Å². The molecule has 0 bridgehead atoms. The van der Waals surface area contributed by atoms with Gasteiger partial charge in [0, 0.05) is 19.1 Å². The first-order valence-electron chi connectivity index (χ1n) is 4.66. The van der Waals surface area contributed by atoms with Gasteiger partial charge in [-0.1, -0.05) is 0 Å². The van der Waals surface area contributed by atoms with Crippen LogP contribution >= 0.6 is 0 Å². The molecule has 2 atom stereocenters. The third kappa shape index (κ3) is 3.07. The molecule has 1 rings (SSSR count). The minimum atomic E-state index is -0.681. The molecule has 3 heteroatoms. The fourth-order valence-electron chi connectivity index (χ4n) is 1.44. The summed E-state index contributed by atoms with van der Waals surface area (Å²) in [6.45, 7) is 7.15. The molecule has 1 aliphatic rings. The monoisotopic (exact) mass is 175 g/mol. The number of alkyl halides is 1. The van der Waals surface area contributed by atoms with Crippen LogP contribution in [0.3, 0.4) is 0 Å². The van der Waals surface area contributed by atoms with Crippen LogP contribution in [0.15, 0.2) is 0 Å². The maximum atomic E-state index is 12.5. The molecule has 1 heterocycles. The van der Waals surface area contributed by atoms with Gasteiger partial charge in [0.2, 0.25) is 0 Å². The summed E-state index contributed by atoms with van der Waals surface area (Å²) in [5, 5.41) is 0. The fraction of sp³-hybridized carbons (Fsp3) is 1.00. The van der Waals surface area contributed by atoms with E-state index in [2.05, 4.69) is 11.8 Å². The van der Waals surface area contributed by atoms with Gasteiger partial charge in [0.25, 0.3) is 0 Å². The van der Waals surface area contributed by atoms with Crippen LogP contribution in [0, 0.1) is 0 Å². The second kappa shape index (κ2) is 4.77. The van der Waals surface area contributed by atoms with Crippen molar-refractivity contribution in [2.75, 3.05) is 26.3 Å². The number of nitrogens with zero attached hydrogens (tertiary/aromatic N) is 1. The van der Waals surface area contributed by atoms with E-state index >= 15 is 0 Å². The zero-order valence-electron chi connectivity index (χ0n) is 7.92. The third-order valence-electron chi connectivity index (χ3n) is 2.32. The van der Waals surface area contributed by atoms with E-state index in [4.69, 9.17) is 4.74 Å². The van der Waals surface area contributed by atoms with E-state index in [-0.39, 0.29) is 0 Å². The summed E-state index contributed by atoms with van der Waals surface area (Å²) in [5.41, 5.74) is 0. The van der Waals surface area contributed by atoms with Gasteiger partial charge in [-0.2, -0.15) is 0 Å². The third-order valence-corrected chi connectivity index (χ3v) is 2.32. The fourth-order valence-corrected chi connectivity index (χ4v) is 1.44. The SMILES string of the molecule is CC(F)CCN1CCOC[C@H]1C. The van der Waals surface area contributed by atoms with Crippen LogP contribution in [0.4, 0.5) is 4.39 Å². The molecule has 0 N–H and O–H groups in total. The normalized spacial score (nSPS) is 28.8. The average molecular weight is 175 g/mol. The molecule has 72 valence electrons. The Hall–Kier alpha value is -0.150. The summed E-state index contributed by atoms with van der Waals surface area (Å²) in [5.74, 6) is 0. The van der Waals surface area contributed by atoms with Crippen molar-refractivity contribution in [3.63, 3.8) is 0 Å². The number of ether oxygens (including phenoxy) is 1. The highest BCUT2D eigenvalue weighted by Gasteiger charge is 2.18. The minimum Gasteiger partial charge on any atom is -0.379 e. The molecule has 2 nitrogen and oxygen atoms in total. The molecule has 0 spiro atoms. The Morgan fingerprint density at radius 1 is 1.67 bits per heavy atom. The lowest BCUT2D eigenvalue weighted by molar-refractivity contribution is -0.00294. The van der Waals surface area contributed by atoms with Gasteiger partial charge in [0.15, 0.2) is 0 Å². The number of halogens is 1. The van der Waals surface area contributed by atoms with Gasteiger partial charge < -0.3 is 4.74 Å². The molecule has 0 aromatic heterocycles. The van der Waals surface area contributed by atoms with Crippen molar-refractivity contribution in [3.8, 4) is 0 Å². The van der Waals surface area contributed by atoms with Crippen molar-refractivity contribution in [3.05, 3.63) is 0 Å². The van der Waals surface area contributed by atoms with Crippen LogP contribution in [0.5, 0.6) is 0 Å². The van der Waals surface area contributed by atoms with E-state index < -0.39 is 6.17 Å². The van der Waals surface area contributed by atoms with Crippen molar-refractivity contribution in [1.82, 2.24) is 4.90 Å². The Labute approximate surface area is 73.7 Å². The van der Waals surface area contributed by atoms with Gasteiger partial charge in [-0.15, -0.1) is 0 Å². The molecule has 0 amide bonds. The molecule has 1 fully saturated rings. The Balaban J connectivity index is 2.20. The molecule has 0 aliphatic carbocycles. The lowest BCUT2D eigenvalue weighted by atomic mass is 10.2. The van der Waals surface area contributed by atoms with Crippen LogP contribution in [0.1, 0.15) is 20.3 Å². The Morgan fingerprint density at radius 3 is 3.00 bits per heavy atom. The molecule has 1 unspecified atom stereocenters. The smallest absolute Gasteiger partial charge is 0.0985 e. The molecule has 1 saturated heterocycles. The first-order chi connectivity index (χ1) is 5.70. The lowest BCUT2D eigenvalue weighted by Gasteiger charge is -2.33. The number of hydrogen-bond donors (Lipinski definition) is 0. The van der Waals surface area contributed by atoms with Gasteiger partial charge in [-0.05, 0) is 20.3 Å². The summed E-state index contributed by atoms with van der Waals surface area (Å²) in [4.78, 5) is 2.29. The summed E-state index contributed by atoms with van der Waals surface area (Å²) in [6.07, 6.45) is -0.0373. The first kappa shape index (κ1) is 9.93. The second-order valence-corrected chi connectivity index (χ2v) is 3.53. The van der Waals surface area contributed by atoms with Gasteiger partial charge in [-0.25, -0.2) is 4.39 Å². The van der Waals surface area contributed by atoms with Gasteiger partial charge in [0.1, 0.15) is 0 Å². The molecule has 0 aromatic rings. The highest BCUT2D eigenvalue weighted by atomic mass is 19.1. The number of hydrogen-bond acceptors (Lipinski definition) is 2. The quantitative estimate of drug-likeness (QED) is 0.644. The maximum Gasteiger partial charge on any atom is 0.0985 e. The molecule has 12 heavy (non-hydrogen) atoms. The predicted octanol–water partition coefficient (Wildman–Crippen LogP) is 1.46. The maximum absolute atomic E-state index is 12.5. The number of morpholine rings is 1. The van der Waals surface area contributed by atoms with E-state index in [0.717, 1.165) is 26.3 Å². The van der Waals surface area contributed by atoms with Crippen LogP contribution < -0.4 is 0 Å². The molecular formula is C9H18FNO. The minimum absolute atomic E-state index is 0.456. The van der Waals surface area contributed by atoms with Crippen molar-refractivity contribution in [2.24, 2.45) is 0 Å². The van der Waals surface area contributed by atoms with Crippen molar-refractivity contribution < 1.29 is 9.13 Å². The Kier molecular flexibility index (Phi) is 3.95. The Bertz CT molecular complexity index is 130. The highest BCUT2D eigenvalue weighted by molar-refractivity contribution is 4.71. The topological polar surface area (TPSA) is 12.5 Å². The van der Waals surface area contributed by atoms with E-state index in [9.17, 15) is 4.39 Å². The zero-order chi connectivity index (χ0) is 8.97. The largest absolute Gasteiger partial charge is 0.379 e. The lowest BCUT2D eigenvalue weighted by Crippen LogP contribution is -2.44. The second-order valence-electron chi connectivity index (χ2n) is 3.53. The predicted molar refractivity (Wildman–Crippen MR) is 47.0 cm³/mol. The molecule has 0 aromatic carbocycles. The van der Waals surface area contributed by atoms with Crippen molar-refractivity contribution in [1.29, 1.82) is 0 Å². The standard InChI is InChI=1S/C9H18FNO/c1-8(10)3-4-11-5-6-12-7-9(11)2/h8-9H,3-7H2,1-2H3/t8?,9-/m1/s1. The van der Waals surface area contributed by atoms with Crippen LogP contribution in [-0.2, 0) is 4.74 Å². The average Bonchev–Trinajstić information content (AvgIpc) is 2.03.